The van der Waals surface area contributed by atoms with Crippen molar-refractivity contribution in [1.29, 1.82) is 0 Å². The Morgan fingerprint density at radius 2 is 2.08 bits per heavy atom. The average molecular weight is 345 g/mol. The van der Waals surface area contributed by atoms with Gasteiger partial charge in [-0.1, -0.05) is 12.1 Å². The molecule has 4 heterocycles. The smallest absolute Gasteiger partial charge is 0.182 e. The molecule has 0 spiro atoms. The van der Waals surface area contributed by atoms with Crippen LogP contribution in [0.1, 0.15) is 6.92 Å². The maximum atomic E-state index is 4.52. The Labute approximate surface area is 150 Å². The Balaban J connectivity index is 1.46. The Hall–Kier alpha value is -3.22. The number of aromatic nitrogens is 5. The van der Waals surface area contributed by atoms with Gasteiger partial charge in [0.25, 0.3) is 0 Å². The van der Waals surface area contributed by atoms with Crippen LogP contribution in [0.2, 0.25) is 0 Å². The number of nitrogens with one attached hydrogen (secondary N) is 1. The van der Waals surface area contributed by atoms with Crippen LogP contribution in [0.5, 0.6) is 0 Å². The van der Waals surface area contributed by atoms with Crippen molar-refractivity contribution in [1.82, 2.24) is 24.9 Å². The van der Waals surface area contributed by atoms with Crippen molar-refractivity contribution in [2.45, 2.75) is 13.0 Å². The normalized spacial score (nSPS) is 18.0. The number of H-pyrrole nitrogens is 1. The molecule has 1 fully saturated rings. The average Bonchev–Trinajstić information content (AvgIpc) is 3.16. The van der Waals surface area contributed by atoms with Gasteiger partial charge in [-0.3, -0.25) is 4.98 Å². The molecule has 0 bridgehead atoms. The Bertz CT molecular complexity index is 1070. The summed E-state index contributed by atoms with van der Waals surface area (Å²) in [4.78, 5) is 25.2. The zero-order valence-corrected chi connectivity index (χ0v) is 14.5. The molecular formula is C19H19N7. The Morgan fingerprint density at radius 3 is 3.00 bits per heavy atom. The molecule has 3 aromatic heterocycles. The van der Waals surface area contributed by atoms with Gasteiger partial charge in [0.2, 0.25) is 0 Å². The topological polar surface area (TPSA) is 73.8 Å². The molecule has 1 aromatic carbocycles. The number of pyridine rings is 1. The third kappa shape index (κ3) is 2.35. The fourth-order valence-electron chi connectivity index (χ4n) is 3.84. The molecule has 1 aliphatic rings. The van der Waals surface area contributed by atoms with Crippen LogP contribution in [-0.4, -0.2) is 50.6 Å². The number of fused-ring (bicyclic) bond motifs is 2. The third-order valence-electron chi connectivity index (χ3n) is 5.10. The van der Waals surface area contributed by atoms with Crippen molar-refractivity contribution in [3.05, 3.63) is 49.3 Å². The van der Waals surface area contributed by atoms with Crippen LogP contribution in [0.3, 0.4) is 0 Å². The number of nitrogens with zero attached hydrogens (tertiary/aromatic N) is 6. The van der Waals surface area contributed by atoms with E-state index < -0.39 is 0 Å². The number of anilines is 2. The van der Waals surface area contributed by atoms with Gasteiger partial charge in [0.15, 0.2) is 11.5 Å². The second-order valence-electron chi connectivity index (χ2n) is 6.66. The highest BCUT2D eigenvalue weighted by atomic mass is 15.3. The van der Waals surface area contributed by atoms with E-state index in [9.17, 15) is 0 Å². The van der Waals surface area contributed by atoms with Gasteiger partial charge in [0.05, 0.1) is 6.33 Å². The van der Waals surface area contributed by atoms with E-state index in [0.717, 1.165) is 31.0 Å². The van der Waals surface area contributed by atoms with Crippen LogP contribution in [0.4, 0.5) is 11.5 Å². The summed E-state index contributed by atoms with van der Waals surface area (Å²) in [6, 6.07) is 8.83. The summed E-state index contributed by atoms with van der Waals surface area (Å²) in [6.07, 6.45) is 7.05. The molecule has 1 atom stereocenters. The van der Waals surface area contributed by atoms with Gasteiger partial charge in [-0.2, -0.15) is 0 Å². The Kier molecular flexibility index (Phi) is 3.44. The minimum atomic E-state index is 0.322. The van der Waals surface area contributed by atoms with Crippen LogP contribution in [0, 0.1) is 0 Å². The molecule has 1 saturated heterocycles. The molecule has 130 valence electrons. The first-order chi connectivity index (χ1) is 12.8. The highest BCUT2D eigenvalue weighted by molar-refractivity contribution is 5.94. The van der Waals surface area contributed by atoms with E-state index in [4.69, 9.17) is 0 Å². The quantitative estimate of drug-likeness (QED) is 0.602. The van der Waals surface area contributed by atoms with Crippen LogP contribution in [0.15, 0.2) is 49.3 Å². The van der Waals surface area contributed by atoms with Gasteiger partial charge >= 0.3 is 0 Å². The van der Waals surface area contributed by atoms with Crippen LogP contribution >= 0.6 is 0 Å². The van der Waals surface area contributed by atoms with Gasteiger partial charge in [0, 0.05) is 54.5 Å². The SMILES string of the molecule is CC1CN(c2cccc3cnccc23)CCN1c1ncnc2nc[nH]c12. The first kappa shape index (κ1) is 15.1. The van der Waals surface area contributed by atoms with Crippen molar-refractivity contribution in [3.63, 3.8) is 0 Å². The molecule has 7 nitrogen and oxygen atoms in total. The van der Waals surface area contributed by atoms with Crippen molar-refractivity contribution in [2.75, 3.05) is 29.4 Å². The summed E-state index contributed by atoms with van der Waals surface area (Å²) in [5, 5.41) is 2.43. The first-order valence-corrected chi connectivity index (χ1v) is 8.79. The van der Waals surface area contributed by atoms with Gasteiger partial charge in [0.1, 0.15) is 11.8 Å². The maximum Gasteiger partial charge on any atom is 0.182 e. The fourth-order valence-corrected chi connectivity index (χ4v) is 3.84. The molecule has 1 aliphatic heterocycles. The molecule has 26 heavy (non-hydrogen) atoms. The molecule has 5 rings (SSSR count). The lowest BCUT2D eigenvalue weighted by molar-refractivity contribution is 0.548. The minimum Gasteiger partial charge on any atom is -0.367 e. The summed E-state index contributed by atoms with van der Waals surface area (Å²) in [6.45, 7) is 5.00. The van der Waals surface area contributed by atoms with Crippen LogP contribution in [0.25, 0.3) is 21.9 Å². The number of hydrogen-bond donors (Lipinski definition) is 1. The number of rotatable bonds is 2. The first-order valence-electron chi connectivity index (χ1n) is 8.79. The summed E-state index contributed by atoms with van der Waals surface area (Å²) in [5.41, 5.74) is 2.89. The van der Waals surface area contributed by atoms with E-state index in [-0.39, 0.29) is 0 Å². The summed E-state index contributed by atoms with van der Waals surface area (Å²) in [5.74, 6) is 0.932. The van der Waals surface area contributed by atoms with Crippen molar-refractivity contribution in [3.8, 4) is 0 Å². The van der Waals surface area contributed by atoms with Crippen molar-refractivity contribution < 1.29 is 0 Å². The van der Waals surface area contributed by atoms with Crippen LogP contribution in [-0.2, 0) is 0 Å². The second-order valence-corrected chi connectivity index (χ2v) is 6.66. The molecule has 1 unspecified atom stereocenters. The zero-order chi connectivity index (χ0) is 17.5. The molecular weight excluding hydrogens is 326 g/mol. The van der Waals surface area contributed by atoms with Gasteiger partial charge in [-0.25, -0.2) is 15.0 Å². The fraction of sp³-hybridized carbons (Fsp3) is 0.263. The molecule has 0 aliphatic carbocycles. The number of piperazine rings is 1. The number of benzene rings is 1. The van der Waals surface area contributed by atoms with Gasteiger partial charge in [-0.15, -0.1) is 0 Å². The highest BCUT2D eigenvalue weighted by Gasteiger charge is 2.27. The van der Waals surface area contributed by atoms with Gasteiger partial charge < -0.3 is 14.8 Å². The van der Waals surface area contributed by atoms with E-state index in [0.29, 0.717) is 11.7 Å². The second kappa shape index (κ2) is 5.94. The molecule has 4 aromatic rings. The van der Waals surface area contributed by atoms with E-state index in [2.05, 4.69) is 65.9 Å². The standard InChI is InChI=1S/C19H19N7/c1-13-10-25(16-4-2-3-14-9-20-6-5-15(14)16)7-8-26(13)19-17-18(22-11-21-17)23-12-24-19/h2-6,9,11-13H,7-8,10H2,1H3,(H,21,22,23,24). The monoisotopic (exact) mass is 345 g/mol. The molecule has 7 heteroatoms. The molecule has 0 radical (unpaired) electrons. The lowest BCUT2D eigenvalue weighted by Crippen LogP contribution is -2.52. The summed E-state index contributed by atoms with van der Waals surface area (Å²) < 4.78 is 0. The summed E-state index contributed by atoms with van der Waals surface area (Å²) in [7, 11) is 0. The van der Waals surface area contributed by atoms with Crippen LogP contribution < -0.4 is 9.80 Å². The lowest BCUT2D eigenvalue weighted by Gasteiger charge is -2.42. The van der Waals surface area contributed by atoms with E-state index in [1.807, 2.05) is 12.4 Å². The lowest BCUT2D eigenvalue weighted by atomic mass is 10.1. The van der Waals surface area contributed by atoms with Crippen molar-refractivity contribution >= 4 is 33.4 Å². The highest BCUT2D eigenvalue weighted by Crippen LogP contribution is 2.30. The number of hydrogen-bond acceptors (Lipinski definition) is 6. The molecule has 0 saturated carbocycles. The third-order valence-corrected chi connectivity index (χ3v) is 5.10. The van der Waals surface area contributed by atoms with E-state index in [1.54, 1.807) is 12.7 Å². The van der Waals surface area contributed by atoms with Gasteiger partial charge in [-0.05, 0) is 19.1 Å². The van der Waals surface area contributed by atoms with E-state index in [1.165, 1.54) is 16.5 Å². The van der Waals surface area contributed by atoms with Crippen molar-refractivity contribution in [2.24, 2.45) is 0 Å². The maximum absolute atomic E-state index is 4.52. The van der Waals surface area contributed by atoms with E-state index >= 15 is 0 Å². The summed E-state index contributed by atoms with van der Waals surface area (Å²) >= 11 is 0. The predicted octanol–water partition coefficient (Wildman–Crippen LogP) is 2.62. The molecule has 1 N–H and O–H groups in total. The number of imidazole rings is 1. The Morgan fingerprint density at radius 1 is 1.12 bits per heavy atom. The zero-order valence-electron chi connectivity index (χ0n) is 14.5. The molecule has 0 amide bonds. The number of aromatic amines is 1. The largest absolute Gasteiger partial charge is 0.367 e. The minimum absolute atomic E-state index is 0.322. The predicted molar refractivity (Wildman–Crippen MR) is 102 cm³/mol.